The number of hydrogen-bond acceptors (Lipinski definition) is 5. The third-order valence-electron chi connectivity index (χ3n) is 4.90. The number of hydrogen-bond donors (Lipinski definition) is 2. The van der Waals surface area contributed by atoms with Crippen LogP contribution >= 0.6 is 11.8 Å². The second-order valence-corrected chi connectivity index (χ2v) is 8.30. The fraction of sp³-hybridized carbons (Fsp3) is 0.429. The first-order valence-corrected chi connectivity index (χ1v) is 10.1. The molecule has 1 aromatic rings. The lowest BCUT2D eigenvalue weighted by Crippen LogP contribution is -2.44. The molecule has 0 saturated carbocycles. The van der Waals surface area contributed by atoms with Gasteiger partial charge in [0.25, 0.3) is 0 Å². The Kier molecular flexibility index (Phi) is 6.88. The van der Waals surface area contributed by atoms with Crippen molar-refractivity contribution in [1.82, 2.24) is 10.6 Å². The average molecular weight is 397 g/mol. The van der Waals surface area contributed by atoms with Crippen molar-refractivity contribution in [3.8, 4) is 12.1 Å². The van der Waals surface area contributed by atoms with Gasteiger partial charge in [-0.3, -0.25) is 9.59 Å². The average Bonchev–Trinajstić information content (AvgIpc) is 2.64. The van der Waals surface area contributed by atoms with Crippen LogP contribution in [0.25, 0.3) is 0 Å². The van der Waals surface area contributed by atoms with Gasteiger partial charge in [0.15, 0.2) is 0 Å². The minimum Gasteiger partial charge on any atom is -0.349 e. The van der Waals surface area contributed by atoms with Crippen molar-refractivity contribution in [2.24, 2.45) is 11.3 Å². The van der Waals surface area contributed by atoms with Crippen molar-refractivity contribution >= 4 is 23.6 Å². The molecule has 0 fully saturated rings. The monoisotopic (exact) mass is 396 g/mol. The zero-order valence-electron chi connectivity index (χ0n) is 16.5. The molecule has 2 N–H and O–H groups in total. The summed E-state index contributed by atoms with van der Waals surface area (Å²) in [5.74, 6) is -1.50. The van der Waals surface area contributed by atoms with Crippen LogP contribution < -0.4 is 10.6 Å². The Morgan fingerprint density at radius 3 is 2.50 bits per heavy atom. The molecule has 0 aliphatic carbocycles. The number of allylic oxidation sites excluding steroid dienone is 1. The van der Waals surface area contributed by atoms with E-state index in [1.165, 1.54) is 0 Å². The van der Waals surface area contributed by atoms with Crippen molar-refractivity contribution in [3.63, 3.8) is 0 Å². The predicted octanol–water partition coefficient (Wildman–Crippen LogP) is 3.33. The highest BCUT2D eigenvalue weighted by Crippen LogP contribution is 2.41. The number of carbonyl (C=O) groups is 2. The van der Waals surface area contributed by atoms with Gasteiger partial charge in [-0.1, -0.05) is 62.4 Å². The van der Waals surface area contributed by atoms with E-state index >= 15 is 0 Å². The Labute approximate surface area is 170 Å². The van der Waals surface area contributed by atoms with Gasteiger partial charge in [-0.25, -0.2) is 0 Å². The first-order valence-electron chi connectivity index (χ1n) is 9.08. The highest BCUT2D eigenvalue weighted by molar-refractivity contribution is 8.03. The maximum Gasteiger partial charge on any atom is 0.243 e. The highest BCUT2D eigenvalue weighted by atomic mass is 32.2. The summed E-state index contributed by atoms with van der Waals surface area (Å²) in [6.45, 7) is 7.41. The van der Waals surface area contributed by atoms with Gasteiger partial charge in [-0.05, 0) is 18.9 Å². The van der Waals surface area contributed by atoms with Crippen LogP contribution in [0.3, 0.4) is 0 Å². The van der Waals surface area contributed by atoms with Gasteiger partial charge < -0.3 is 10.6 Å². The summed E-state index contributed by atoms with van der Waals surface area (Å²) in [5.41, 5.74) is 1.61. The molecule has 1 aliphatic rings. The van der Waals surface area contributed by atoms with Crippen molar-refractivity contribution in [3.05, 3.63) is 46.0 Å². The number of rotatable bonds is 6. The fourth-order valence-electron chi connectivity index (χ4n) is 3.13. The topological polar surface area (TPSA) is 106 Å². The summed E-state index contributed by atoms with van der Waals surface area (Å²) >= 11 is 1.11. The summed E-state index contributed by atoms with van der Waals surface area (Å²) < 4.78 is 0. The number of nitriles is 2. The number of carbonyl (C=O) groups excluding carboxylic acids is 2. The standard InChI is InChI=1S/C21H24N4O2S/c1-5-17(14-8-6-13(2)7-9-14)24-18(26)12-28-20-16(11-23)21(3,4)15(10-22)19(27)25-20/h6-9,15,17H,5,12H2,1-4H3,(H,24,26)(H,25,27)/t15-,17+/m0/s1. The number of amides is 2. The van der Waals surface area contributed by atoms with Crippen LogP contribution in [-0.4, -0.2) is 17.6 Å². The largest absolute Gasteiger partial charge is 0.349 e. The van der Waals surface area contributed by atoms with Crippen LogP contribution in [0.15, 0.2) is 34.9 Å². The second kappa shape index (κ2) is 8.95. The molecule has 2 amide bonds. The molecule has 6 nitrogen and oxygen atoms in total. The fourth-order valence-corrected chi connectivity index (χ4v) is 4.11. The first kappa shape index (κ1) is 21.5. The third kappa shape index (κ3) is 4.55. The molecule has 1 aromatic carbocycles. The SMILES string of the molecule is CC[C@@H](NC(=O)CSC1=C(C#N)C(C)(C)[C@@H](C#N)C(=O)N1)c1ccc(C)cc1. The van der Waals surface area contributed by atoms with E-state index in [4.69, 9.17) is 0 Å². The molecule has 0 unspecified atom stereocenters. The molecule has 0 spiro atoms. The number of nitrogens with zero attached hydrogens (tertiary/aromatic N) is 2. The number of benzene rings is 1. The van der Waals surface area contributed by atoms with Crippen molar-refractivity contribution in [2.75, 3.05) is 5.75 Å². The second-order valence-electron chi connectivity index (χ2n) is 7.32. The molecule has 2 atom stereocenters. The van der Waals surface area contributed by atoms with Crippen LogP contribution in [0.4, 0.5) is 0 Å². The maximum absolute atomic E-state index is 12.5. The van der Waals surface area contributed by atoms with Gasteiger partial charge in [0.05, 0.1) is 34.5 Å². The number of aryl methyl sites for hydroxylation is 1. The Morgan fingerprint density at radius 2 is 1.96 bits per heavy atom. The van der Waals surface area contributed by atoms with Gasteiger partial charge in [0, 0.05) is 5.41 Å². The Morgan fingerprint density at radius 1 is 1.32 bits per heavy atom. The van der Waals surface area contributed by atoms with E-state index < -0.39 is 17.2 Å². The highest BCUT2D eigenvalue weighted by Gasteiger charge is 2.44. The van der Waals surface area contributed by atoms with Crippen molar-refractivity contribution < 1.29 is 9.59 Å². The maximum atomic E-state index is 12.5. The zero-order valence-corrected chi connectivity index (χ0v) is 17.3. The van der Waals surface area contributed by atoms with Crippen LogP contribution in [-0.2, 0) is 9.59 Å². The van der Waals surface area contributed by atoms with Crippen LogP contribution in [0.1, 0.15) is 44.4 Å². The van der Waals surface area contributed by atoms with E-state index in [2.05, 4.69) is 16.7 Å². The molecular formula is C21H24N4O2S. The van der Waals surface area contributed by atoms with Gasteiger partial charge in [-0.2, -0.15) is 10.5 Å². The smallest absolute Gasteiger partial charge is 0.243 e. The normalized spacial score (nSPS) is 19.2. The van der Waals surface area contributed by atoms with Crippen molar-refractivity contribution in [1.29, 1.82) is 10.5 Å². The molecule has 7 heteroatoms. The minimum atomic E-state index is -0.939. The zero-order chi connectivity index (χ0) is 20.9. The molecule has 1 heterocycles. The molecule has 146 valence electrons. The first-order chi connectivity index (χ1) is 13.2. The quantitative estimate of drug-likeness (QED) is 0.767. The molecule has 0 saturated heterocycles. The van der Waals surface area contributed by atoms with Crippen LogP contribution in [0.5, 0.6) is 0 Å². The van der Waals surface area contributed by atoms with Gasteiger partial charge in [-0.15, -0.1) is 0 Å². The lowest BCUT2D eigenvalue weighted by molar-refractivity contribution is -0.125. The third-order valence-corrected chi connectivity index (χ3v) is 5.91. The lowest BCUT2D eigenvalue weighted by Gasteiger charge is -2.34. The van der Waals surface area contributed by atoms with E-state index in [0.717, 1.165) is 29.3 Å². The summed E-state index contributed by atoms with van der Waals surface area (Å²) in [4.78, 5) is 24.7. The molecule has 28 heavy (non-hydrogen) atoms. The van der Waals surface area contributed by atoms with Crippen molar-refractivity contribution in [2.45, 2.75) is 40.2 Å². The summed E-state index contributed by atoms with van der Waals surface area (Å²) in [6, 6.07) is 12.0. The Hall–Kier alpha value is -2.77. The number of thioether (sulfide) groups is 1. The van der Waals surface area contributed by atoms with E-state index in [0.29, 0.717) is 10.6 Å². The summed E-state index contributed by atoms with van der Waals surface area (Å²) in [7, 11) is 0. The summed E-state index contributed by atoms with van der Waals surface area (Å²) in [5, 5.41) is 24.7. The van der Waals surface area contributed by atoms with E-state index in [9.17, 15) is 20.1 Å². The van der Waals surface area contributed by atoms with E-state index in [1.54, 1.807) is 13.8 Å². The lowest BCUT2D eigenvalue weighted by atomic mass is 9.72. The minimum absolute atomic E-state index is 0.0659. The van der Waals surface area contributed by atoms with Gasteiger partial charge in [0.1, 0.15) is 5.92 Å². The predicted molar refractivity (Wildman–Crippen MR) is 108 cm³/mol. The Balaban J connectivity index is 2.09. The van der Waals surface area contributed by atoms with Gasteiger partial charge >= 0.3 is 0 Å². The molecule has 0 aromatic heterocycles. The molecule has 0 radical (unpaired) electrons. The van der Waals surface area contributed by atoms with E-state index in [1.807, 2.05) is 44.2 Å². The molecular weight excluding hydrogens is 372 g/mol. The van der Waals surface area contributed by atoms with Crippen LogP contribution in [0, 0.1) is 40.9 Å². The Bertz CT molecular complexity index is 875. The molecule has 1 aliphatic heterocycles. The van der Waals surface area contributed by atoms with Crippen LogP contribution in [0.2, 0.25) is 0 Å². The van der Waals surface area contributed by atoms with E-state index in [-0.39, 0.29) is 17.7 Å². The molecule has 0 bridgehead atoms. The number of nitrogens with one attached hydrogen (secondary N) is 2. The van der Waals surface area contributed by atoms with Gasteiger partial charge in [0.2, 0.25) is 11.8 Å². The summed E-state index contributed by atoms with van der Waals surface area (Å²) in [6.07, 6.45) is 0.749. The molecule has 2 rings (SSSR count).